The normalized spacial score (nSPS) is 11.7. The summed E-state index contributed by atoms with van der Waals surface area (Å²) in [4.78, 5) is 5.74. The summed E-state index contributed by atoms with van der Waals surface area (Å²) < 4.78 is 3.09. The molecule has 1 heterocycles. The molecule has 6 heteroatoms. The largest absolute Gasteiger partial charge is 0.378 e. The van der Waals surface area contributed by atoms with Gasteiger partial charge >= 0.3 is 0 Å². The third kappa shape index (κ3) is 4.06. The van der Waals surface area contributed by atoms with Crippen molar-refractivity contribution in [3.8, 4) is 0 Å². The van der Waals surface area contributed by atoms with Gasteiger partial charge in [-0.1, -0.05) is 36.7 Å². The van der Waals surface area contributed by atoms with Crippen LogP contribution in [0, 0.1) is 0 Å². The summed E-state index contributed by atoms with van der Waals surface area (Å²) in [6.07, 6.45) is 1.96. The van der Waals surface area contributed by atoms with Gasteiger partial charge < -0.3 is 5.32 Å². The van der Waals surface area contributed by atoms with E-state index in [0.29, 0.717) is 0 Å². The SMILES string of the molecule is CC(C)(C)c1ncc(CNc2c(Br)cc(Br)cc2Br)s1. The standard InChI is InChI=1S/C14H15Br3N2S/c1-14(2,3)13-19-7-9(20-13)6-18-12-10(16)4-8(15)5-11(12)17/h4-5,7,18H,6H2,1-3H3. The molecule has 2 aromatic rings. The number of thiazole rings is 1. The van der Waals surface area contributed by atoms with Crippen LogP contribution in [0.5, 0.6) is 0 Å². The number of hydrogen-bond acceptors (Lipinski definition) is 3. The molecule has 0 amide bonds. The molecule has 1 N–H and O–H groups in total. The van der Waals surface area contributed by atoms with Gasteiger partial charge in [0.15, 0.2) is 0 Å². The molecule has 0 aliphatic rings. The van der Waals surface area contributed by atoms with Gasteiger partial charge in [-0.25, -0.2) is 4.98 Å². The zero-order valence-corrected chi connectivity index (χ0v) is 17.0. The molecule has 0 radical (unpaired) electrons. The van der Waals surface area contributed by atoms with Crippen molar-refractivity contribution >= 4 is 64.8 Å². The Morgan fingerprint density at radius 1 is 1.15 bits per heavy atom. The van der Waals surface area contributed by atoms with E-state index in [2.05, 4.69) is 78.9 Å². The summed E-state index contributed by atoms with van der Waals surface area (Å²) >= 11 is 12.4. The van der Waals surface area contributed by atoms with Gasteiger partial charge in [0, 0.05) is 29.9 Å². The first-order valence-electron chi connectivity index (χ1n) is 6.11. The van der Waals surface area contributed by atoms with E-state index in [9.17, 15) is 0 Å². The Kier molecular flexibility index (Phi) is 5.32. The summed E-state index contributed by atoms with van der Waals surface area (Å²) in [5.74, 6) is 0. The van der Waals surface area contributed by atoms with Gasteiger partial charge in [0.1, 0.15) is 0 Å². The maximum atomic E-state index is 4.51. The quantitative estimate of drug-likeness (QED) is 0.552. The highest BCUT2D eigenvalue weighted by atomic mass is 79.9. The molecule has 0 aliphatic heterocycles. The van der Waals surface area contributed by atoms with Gasteiger partial charge in [-0.2, -0.15) is 0 Å². The Bertz CT molecular complexity index is 594. The number of rotatable bonds is 3. The number of nitrogens with one attached hydrogen (secondary N) is 1. The maximum absolute atomic E-state index is 4.51. The first-order valence-corrected chi connectivity index (χ1v) is 9.30. The fourth-order valence-corrected chi connectivity index (χ4v) is 5.07. The van der Waals surface area contributed by atoms with Crippen molar-refractivity contribution < 1.29 is 0 Å². The van der Waals surface area contributed by atoms with E-state index in [4.69, 9.17) is 0 Å². The molecule has 0 spiro atoms. The van der Waals surface area contributed by atoms with Gasteiger partial charge in [-0.3, -0.25) is 0 Å². The second-order valence-electron chi connectivity index (χ2n) is 5.48. The van der Waals surface area contributed by atoms with Gasteiger partial charge in [0.2, 0.25) is 0 Å². The third-order valence-electron chi connectivity index (χ3n) is 2.64. The van der Waals surface area contributed by atoms with Crippen LogP contribution in [0.2, 0.25) is 0 Å². The number of benzene rings is 1. The van der Waals surface area contributed by atoms with Crippen molar-refractivity contribution in [2.24, 2.45) is 0 Å². The predicted molar refractivity (Wildman–Crippen MR) is 97.7 cm³/mol. The van der Waals surface area contributed by atoms with Crippen LogP contribution in [0.15, 0.2) is 31.7 Å². The summed E-state index contributed by atoms with van der Waals surface area (Å²) in [5, 5.41) is 4.61. The number of nitrogens with zero attached hydrogens (tertiary/aromatic N) is 1. The smallest absolute Gasteiger partial charge is 0.0981 e. The molecule has 2 nitrogen and oxygen atoms in total. The second kappa shape index (κ2) is 6.46. The molecule has 108 valence electrons. The van der Waals surface area contributed by atoms with Crippen LogP contribution in [-0.2, 0) is 12.0 Å². The number of hydrogen-bond donors (Lipinski definition) is 1. The highest BCUT2D eigenvalue weighted by Gasteiger charge is 2.18. The molecule has 20 heavy (non-hydrogen) atoms. The van der Waals surface area contributed by atoms with Gasteiger partial charge in [0.05, 0.1) is 17.2 Å². The predicted octanol–water partition coefficient (Wildman–Crippen LogP) is 6.34. The number of anilines is 1. The van der Waals surface area contributed by atoms with Crippen molar-refractivity contribution in [2.75, 3.05) is 5.32 Å². The van der Waals surface area contributed by atoms with E-state index < -0.39 is 0 Å². The van der Waals surface area contributed by atoms with Crippen LogP contribution in [-0.4, -0.2) is 4.98 Å². The fourth-order valence-electron chi connectivity index (χ4n) is 1.62. The van der Waals surface area contributed by atoms with E-state index in [1.54, 1.807) is 11.3 Å². The Morgan fingerprint density at radius 3 is 2.25 bits per heavy atom. The van der Waals surface area contributed by atoms with Crippen molar-refractivity contribution in [3.05, 3.63) is 41.6 Å². The van der Waals surface area contributed by atoms with E-state index in [1.807, 2.05) is 18.3 Å². The minimum Gasteiger partial charge on any atom is -0.378 e. The first-order chi connectivity index (χ1) is 9.27. The lowest BCUT2D eigenvalue weighted by Crippen LogP contribution is -2.09. The average molecular weight is 483 g/mol. The number of aromatic nitrogens is 1. The Hall–Kier alpha value is 0.0900. The molecule has 0 saturated carbocycles. The Balaban J connectivity index is 2.12. The molecule has 0 aliphatic carbocycles. The van der Waals surface area contributed by atoms with Crippen LogP contribution >= 0.6 is 59.1 Å². The lowest BCUT2D eigenvalue weighted by Gasteiger charge is -2.13. The van der Waals surface area contributed by atoms with Crippen molar-refractivity contribution in [1.29, 1.82) is 0 Å². The topological polar surface area (TPSA) is 24.9 Å². The van der Waals surface area contributed by atoms with E-state index in [0.717, 1.165) is 25.7 Å². The zero-order chi connectivity index (χ0) is 14.9. The van der Waals surface area contributed by atoms with Crippen LogP contribution in [0.25, 0.3) is 0 Å². The molecule has 0 fully saturated rings. The molecule has 1 aromatic carbocycles. The Labute approximate surface area is 148 Å². The molecule has 2 rings (SSSR count). The van der Waals surface area contributed by atoms with Gasteiger partial charge in [0.25, 0.3) is 0 Å². The lowest BCUT2D eigenvalue weighted by atomic mass is 9.98. The van der Waals surface area contributed by atoms with Crippen molar-refractivity contribution in [3.63, 3.8) is 0 Å². The highest BCUT2D eigenvalue weighted by Crippen LogP contribution is 2.35. The van der Waals surface area contributed by atoms with E-state index in [-0.39, 0.29) is 5.41 Å². The summed E-state index contributed by atoms with van der Waals surface area (Å²) in [7, 11) is 0. The average Bonchev–Trinajstić information content (AvgIpc) is 2.75. The Morgan fingerprint density at radius 2 is 1.75 bits per heavy atom. The molecule has 0 unspecified atom stereocenters. The monoisotopic (exact) mass is 480 g/mol. The molecule has 0 bridgehead atoms. The minimum atomic E-state index is 0.113. The molecule has 0 atom stereocenters. The van der Waals surface area contributed by atoms with Crippen LogP contribution in [0.1, 0.15) is 30.7 Å². The molecule has 1 aromatic heterocycles. The summed E-state index contributed by atoms with van der Waals surface area (Å²) in [6.45, 7) is 7.33. The zero-order valence-electron chi connectivity index (χ0n) is 11.4. The van der Waals surface area contributed by atoms with Crippen LogP contribution < -0.4 is 5.32 Å². The highest BCUT2D eigenvalue weighted by molar-refractivity contribution is 9.11. The van der Waals surface area contributed by atoms with E-state index >= 15 is 0 Å². The molecular formula is C14H15Br3N2S. The van der Waals surface area contributed by atoms with Gasteiger partial charge in [-0.05, 0) is 44.0 Å². The fraction of sp³-hybridized carbons (Fsp3) is 0.357. The second-order valence-corrected chi connectivity index (χ2v) is 9.22. The third-order valence-corrected chi connectivity index (χ3v) is 5.77. The van der Waals surface area contributed by atoms with Crippen LogP contribution in [0.3, 0.4) is 0 Å². The van der Waals surface area contributed by atoms with Gasteiger partial charge in [-0.15, -0.1) is 11.3 Å². The lowest BCUT2D eigenvalue weighted by molar-refractivity contribution is 0.585. The van der Waals surface area contributed by atoms with E-state index in [1.165, 1.54) is 9.88 Å². The summed E-state index contributed by atoms with van der Waals surface area (Å²) in [5.41, 5.74) is 1.17. The minimum absolute atomic E-state index is 0.113. The van der Waals surface area contributed by atoms with Crippen molar-refractivity contribution in [1.82, 2.24) is 4.98 Å². The van der Waals surface area contributed by atoms with Crippen LogP contribution in [0.4, 0.5) is 5.69 Å². The molecule has 0 saturated heterocycles. The molecular weight excluding hydrogens is 468 g/mol. The maximum Gasteiger partial charge on any atom is 0.0981 e. The van der Waals surface area contributed by atoms with Crippen molar-refractivity contribution in [2.45, 2.75) is 32.7 Å². The number of halogens is 3. The summed E-state index contributed by atoms with van der Waals surface area (Å²) in [6, 6.07) is 4.06. The first kappa shape index (κ1) is 16.5.